The zero-order chi connectivity index (χ0) is 20.3. The largest absolute Gasteiger partial charge is 0.280 e. The van der Waals surface area contributed by atoms with Gasteiger partial charge < -0.3 is 0 Å². The lowest BCUT2D eigenvalue weighted by atomic mass is 10.0. The molecule has 29 heavy (non-hydrogen) atoms. The number of nitrogens with zero attached hydrogens (tertiary/aromatic N) is 2. The molecule has 2 N–H and O–H groups in total. The van der Waals surface area contributed by atoms with Gasteiger partial charge in [-0.3, -0.25) is 15.6 Å². The maximum absolute atomic E-state index is 12.5. The molecule has 4 rings (SSSR count). The Morgan fingerprint density at radius 3 is 2.14 bits per heavy atom. The number of aliphatic imine (C=N–C) groups is 2. The molecule has 1 unspecified atom stereocenters. The number of amides is 1. The first-order valence-corrected chi connectivity index (χ1v) is 9.56. The van der Waals surface area contributed by atoms with Crippen LogP contribution in [-0.2, 0) is 5.66 Å². The molecule has 0 saturated heterocycles. The van der Waals surface area contributed by atoms with Crippen molar-refractivity contribution in [1.29, 1.82) is 0 Å². The van der Waals surface area contributed by atoms with Crippen molar-refractivity contribution in [3.63, 3.8) is 0 Å². The van der Waals surface area contributed by atoms with Crippen molar-refractivity contribution >= 4 is 29.1 Å². The van der Waals surface area contributed by atoms with Crippen molar-refractivity contribution in [2.75, 3.05) is 0 Å². The second-order valence-electron chi connectivity index (χ2n) is 6.76. The molecule has 0 fully saturated rings. The van der Waals surface area contributed by atoms with Gasteiger partial charge in [-0.15, -0.1) is 0 Å². The van der Waals surface area contributed by atoms with Crippen LogP contribution in [0.4, 0.5) is 0 Å². The van der Waals surface area contributed by atoms with E-state index in [-0.39, 0.29) is 5.91 Å². The second kappa shape index (κ2) is 7.89. The summed E-state index contributed by atoms with van der Waals surface area (Å²) in [4.78, 5) is 22.2. The maximum Gasteiger partial charge on any atom is 0.269 e. The molecule has 0 aromatic heterocycles. The van der Waals surface area contributed by atoms with Crippen LogP contribution in [0.5, 0.6) is 0 Å². The molecule has 0 saturated carbocycles. The molecular formula is C23H19ClN4O. The summed E-state index contributed by atoms with van der Waals surface area (Å²) in [7, 11) is 0. The zero-order valence-electron chi connectivity index (χ0n) is 15.8. The van der Waals surface area contributed by atoms with Gasteiger partial charge in [0, 0.05) is 21.7 Å². The van der Waals surface area contributed by atoms with Crippen molar-refractivity contribution in [2.45, 2.75) is 12.6 Å². The standard InChI is InChI=1S/C23H19ClN4O/c1-23(18-10-6-3-7-11-18)25-20(16-8-4-2-5-9-16)21(26-23)27-28-22(29)17-12-14-19(24)15-13-17/h2-15H,1H3,(H,26,27)(H,28,29). The van der Waals surface area contributed by atoms with Crippen molar-refractivity contribution in [1.82, 2.24) is 10.9 Å². The molecule has 0 radical (unpaired) electrons. The third-order valence-corrected chi connectivity index (χ3v) is 4.90. The van der Waals surface area contributed by atoms with Crippen LogP contribution in [0.25, 0.3) is 0 Å². The van der Waals surface area contributed by atoms with Crippen LogP contribution < -0.4 is 10.9 Å². The number of amidine groups is 1. The van der Waals surface area contributed by atoms with E-state index in [1.807, 2.05) is 67.6 Å². The van der Waals surface area contributed by atoms with Crippen molar-refractivity contribution in [3.8, 4) is 0 Å². The van der Waals surface area contributed by atoms with Crippen LogP contribution in [0.2, 0.25) is 5.02 Å². The average molecular weight is 403 g/mol. The smallest absolute Gasteiger partial charge is 0.269 e. The Labute approximate surface area is 174 Å². The van der Waals surface area contributed by atoms with Crippen LogP contribution in [0.1, 0.15) is 28.4 Å². The highest BCUT2D eigenvalue weighted by molar-refractivity contribution is 6.48. The van der Waals surface area contributed by atoms with Gasteiger partial charge in [-0.25, -0.2) is 9.98 Å². The van der Waals surface area contributed by atoms with Gasteiger partial charge in [0.2, 0.25) is 0 Å². The van der Waals surface area contributed by atoms with Crippen LogP contribution in [-0.4, -0.2) is 17.5 Å². The predicted molar refractivity (Wildman–Crippen MR) is 116 cm³/mol. The molecule has 1 amide bonds. The summed E-state index contributed by atoms with van der Waals surface area (Å²) in [5, 5.41) is 0.576. The van der Waals surface area contributed by atoms with E-state index in [4.69, 9.17) is 21.6 Å². The molecule has 144 valence electrons. The van der Waals surface area contributed by atoms with Gasteiger partial charge in [0.15, 0.2) is 11.5 Å². The molecule has 6 heteroatoms. The summed E-state index contributed by atoms with van der Waals surface area (Å²) in [6.07, 6.45) is 0. The molecule has 0 bridgehead atoms. The summed E-state index contributed by atoms with van der Waals surface area (Å²) in [5.74, 6) is 0.218. The Hall–Kier alpha value is -3.44. The van der Waals surface area contributed by atoms with Crippen molar-refractivity contribution < 1.29 is 4.79 Å². The number of hydrogen-bond donors (Lipinski definition) is 2. The second-order valence-corrected chi connectivity index (χ2v) is 7.20. The number of carbonyl (C=O) groups is 1. The SMILES string of the molecule is CC1(c2ccccc2)N=C(NNC(=O)c2ccc(Cl)cc2)C(c2ccccc2)=N1. The summed E-state index contributed by atoms with van der Waals surface area (Å²) >= 11 is 5.89. The van der Waals surface area contributed by atoms with E-state index in [0.29, 0.717) is 22.1 Å². The summed E-state index contributed by atoms with van der Waals surface area (Å²) < 4.78 is 0. The van der Waals surface area contributed by atoms with Crippen LogP contribution in [0.15, 0.2) is 94.9 Å². The van der Waals surface area contributed by atoms with Gasteiger partial charge >= 0.3 is 0 Å². The molecule has 1 heterocycles. The maximum atomic E-state index is 12.5. The highest BCUT2D eigenvalue weighted by Gasteiger charge is 2.34. The average Bonchev–Trinajstić information content (AvgIpc) is 3.12. The molecule has 0 aliphatic carbocycles. The highest BCUT2D eigenvalue weighted by atomic mass is 35.5. The van der Waals surface area contributed by atoms with E-state index >= 15 is 0 Å². The van der Waals surface area contributed by atoms with E-state index in [1.54, 1.807) is 24.3 Å². The summed E-state index contributed by atoms with van der Waals surface area (Å²) in [6, 6.07) is 26.3. The third kappa shape index (κ3) is 4.05. The van der Waals surface area contributed by atoms with E-state index in [9.17, 15) is 4.79 Å². The lowest BCUT2D eigenvalue weighted by molar-refractivity contribution is 0.0944. The fraction of sp³-hybridized carbons (Fsp3) is 0.0870. The lowest BCUT2D eigenvalue weighted by Gasteiger charge is -2.17. The Morgan fingerprint density at radius 2 is 1.48 bits per heavy atom. The molecular weight excluding hydrogens is 384 g/mol. The summed E-state index contributed by atoms with van der Waals surface area (Å²) in [6.45, 7) is 1.95. The molecule has 1 atom stereocenters. The van der Waals surface area contributed by atoms with Crippen molar-refractivity contribution in [2.24, 2.45) is 9.98 Å². The molecule has 3 aromatic carbocycles. The van der Waals surface area contributed by atoms with E-state index in [1.165, 1.54) is 0 Å². The Kier molecular flexibility index (Phi) is 5.14. The summed E-state index contributed by atoms with van der Waals surface area (Å²) in [5.41, 5.74) is 7.94. The van der Waals surface area contributed by atoms with E-state index < -0.39 is 5.66 Å². The number of hydrogen-bond acceptors (Lipinski definition) is 4. The monoisotopic (exact) mass is 402 g/mol. The number of hydrazine groups is 1. The number of carbonyl (C=O) groups excluding carboxylic acids is 1. The zero-order valence-corrected chi connectivity index (χ0v) is 16.5. The van der Waals surface area contributed by atoms with Gasteiger partial charge in [-0.05, 0) is 31.2 Å². The first-order valence-electron chi connectivity index (χ1n) is 9.18. The Balaban J connectivity index is 1.62. The minimum atomic E-state index is -0.778. The quantitative estimate of drug-likeness (QED) is 0.639. The number of halogens is 1. The molecule has 5 nitrogen and oxygen atoms in total. The lowest BCUT2D eigenvalue weighted by Crippen LogP contribution is -2.44. The molecule has 0 spiro atoms. The van der Waals surface area contributed by atoms with Gasteiger partial charge in [-0.1, -0.05) is 72.3 Å². The number of nitrogens with one attached hydrogen (secondary N) is 2. The van der Waals surface area contributed by atoms with E-state index in [0.717, 1.165) is 11.1 Å². The fourth-order valence-corrected chi connectivity index (χ4v) is 3.25. The van der Waals surface area contributed by atoms with Gasteiger partial charge in [0.05, 0.1) is 0 Å². The van der Waals surface area contributed by atoms with Gasteiger partial charge in [0.1, 0.15) is 5.71 Å². The molecule has 3 aromatic rings. The normalized spacial score (nSPS) is 18.0. The topological polar surface area (TPSA) is 65.8 Å². The first-order chi connectivity index (χ1) is 14.0. The van der Waals surface area contributed by atoms with Crippen molar-refractivity contribution in [3.05, 3.63) is 107 Å². The van der Waals surface area contributed by atoms with Crippen LogP contribution >= 0.6 is 11.6 Å². The number of benzene rings is 3. The number of rotatable bonds is 3. The third-order valence-electron chi connectivity index (χ3n) is 4.65. The Bertz CT molecular complexity index is 1080. The van der Waals surface area contributed by atoms with Gasteiger partial charge in [0.25, 0.3) is 5.91 Å². The Morgan fingerprint density at radius 1 is 0.862 bits per heavy atom. The van der Waals surface area contributed by atoms with Crippen LogP contribution in [0, 0.1) is 0 Å². The predicted octanol–water partition coefficient (Wildman–Crippen LogP) is 4.35. The fourth-order valence-electron chi connectivity index (χ4n) is 3.12. The minimum Gasteiger partial charge on any atom is -0.280 e. The minimum absolute atomic E-state index is 0.287. The molecule has 1 aliphatic rings. The first kappa shape index (κ1) is 18.9. The van der Waals surface area contributed by atoms with Gasteiger partial charge in [-0.2, -0.15) is 0 Å². The highest BCUT2D eigenvalue weighted by Crippen LogP contribution is 2.32. The van der Waals surface area contributed by atoms with Crippen LogP contribution in [0.3, 0.4) is 0 Å². The van der Waals surface area contributed by atoms with E-state index in [2.05, 4.69) is 10.9 Å². The molecule has 1 aliphatic heterocycles.